The minimum absolute atomic E-state index is 0. The van der Waals surface area contributed by atoms with Crippen molar-refractivity contribution in [2.24, 2.45) is 0 Å². The Balaban J connectivity index is 0.00000231. The van der Waals surface area contributed by atoms with E-state index in [-0.39, 0.29) is 30.8 Å². The third-order valence-corrected chi connectivity index (χ3v) is 9.07. The van der Waals surface area contributed by atoms with Crippen molar-refractivity contribution in [1.29, 1.82) is 0 Å². The van der Waals surface area contributed by atoms with Crippen LogP contribution in [0.1, 0.15) is 27.3 Å². The average Bonchev–Trinajstić information content (AvgIpc) is 2.94. The van der Waals surface area contributed by atoms with Crippen LogP contribution in [0.15, 0.2) is 53.6 Å². The largest absolute Gasteiger partial charge is 0.368 e. The average molecular weight is 594 g/mol. The van der Waals surface area contributed by atoms with Gasteiger partial charge in [-0.15, -0.1) is 0 Å². The first-order chi connectivity index (χ1) is 18.6. The van der Waals surface area contributed by atoms with Crippen LogP contribution < -0.4 is 14.5 Å². The van der Waals surface area contributed by atoms with Crippen LogP contribution >= 0.6 is 23.2 Å². The molecular weight excluding hydrogens is 559 g/mol. The molecule has 12 heteroatoms. The maximum absolute atomic E-state index is 13.4. The summed E-state index contributed by atoms with van der Waals surface area (Å²) in [7, 11) is -3.85. The van der Waals surface area contributed by atoms with E-state index in [9.17, 15) is 13.2 Å². The first-order valence-corrected chi connectivity index (χ1v) is 15.1. The summed E-state index contributed by atoms with van der Waals surface area (Å²) in [6.07, 6.45) is 3.42. The molecule has 210 valence electrons. The molecule has 9 nitrogen and oxygen atoms in total. The van der Waals surface area contributed by atoms with Gasteiger partial charge < -0.3 is 14.7 Å². The van der Waals surface area contributed by atoms with Crippen LogP contribution in [0.5, 0.6) is 0 Å². The minimum Gasteiger partial charge on any atom is -0.368 e. The Bertz CT molecular complexity index is 1490. The van der Waals surface area contributed by atoms with E-state index in [2.05, 4.69) is 24.5 Å². The zero-order chi connectivity index (χ0) is 27.7. The zero-order valence-corrected chi connectivity index (χ0v) is 24.1. The first kappa shape index (κ1) is 27.5. The SMILES string of the molecule is Cc1cnc(Cl)nc1NS(=O)(=O)c1ccc(N2CCN(C(=O)[C@H](C)N3CCCc4cc(Cl)ccc43)CC2)cc1.[HH].[HH]. The molecule has 5 rings (SSSR count). The quantitative estimate of drug-likeness (QED) is 0.407. The van der Waals surface area contributed by atoms with Gasteiger partial charge in [0.15, 0.2) is 0 Å². The number of rotatable bonds is 6. The van der Waals surface area contributed by atoms with Gasteiger partial charge in [0.25, 0.3) is 10.0 Å². The number of sulfonamides is 1. The molecule has 3 heterocycles. The highest BCUT2D eigenvalue weighted by atomic mass is 35.5. The lowest BCUT2D eigenvalue weighted by atomic mass is 10.00. The van der Waals surface area contributed by atoms with Gasteiger partial charge in [0.05, 0.1) is 4.90 Å². The van der Waals surface area contributed by atoms with Crippen molar-refractivity contribution in [3.05, 3.63) is 70.1 Å². The number of nitrogens with one attached hydrogen (secondary N) is 1. The zero-order valence-electron chi connectivity index (χ0n) is 21.8. The Kier molecular flexibility index (Phi) is 7.89. The standard InChI is InChI=1S/C27H30Cl2N6O3S.2H2/c1-18-17-30-27(29)31-25(18)32-39(37,38)23-8-6-22(7-9-23)33-12-14-34(15-13-33)26(36)19(2)35-11-3-4-20-16-21(28)5-10-24(20)35;;/h5-10,16-17,19H,3-4,11-15H2,1-2H3,(H,30,31,32);2*1H/t19-;;/m0../s1. The number of halogens is 2. The fourth-order valence-electron chi connectivity index (χ4n) is 5.13. The van der Waals surface area contributed by atoms with Crippen molar-refractivity contribution in [3.8, 4) is 0 Å². The summed E-state index contributed by atoms with van der Waals surface area (Å²) >= 11 is 12.0. The summed E-state index contributed by atoms with van der Waals surface area (Å²) in [6.45, 7) is 7.03. The molecular formula is C27H34Cl2N6O3S. The second-order valence-corrected chi connectivity index (χ2v) is 12.3. The number of hydrogen-bond acceptors (Lipinski definition) is 7. The van der Waals surface area contributed by atoms with Gasteiger partial charge >= 0.3 is 0 Å². The minimum atomic E-state index is -3.85. The summed E-state index contributed by atoms with van der Waals surface area (Å²) in [5, 5.41) is 0.685. The normalized spacial score (nSPS) is 16.6. The Hall–Kier alpha value is -3.08. The molecule has 1 N–H and O–H groups in total. The number of nitrogens with zero attached hydrogens (tertiary/aromatic N) is 5. The highest BCUT2D eigenvalue weighted by molar-refractivity contribution is 7.92. The Morgan fingerprint density at radius 2 is 1.77 bits per heavy atom. The number of benzene rings is 2. The van der Waals surface area contributed by atoms with Gasteiger partial charge in [-0.2, -0.15) is 4.98 Å². The van der Waals surface area contributed by atoms with E-state index in [1.807, 2.05) is 30.0 Å². The fraction of sp³-hybridized carbons (Fsp3) is 0.370. The van der Waals surface area contributed by atoms with Crippen LogP contribution in [0.25, 0.3) is 0 Å². The van der Waals surface area contributed by atoms with Crippen molar-refractivity contribution < 1.29 is 16.1 Å². The lowest BCUT2D eigenvalue weighted by Gasteiger charge is -2.41. The molecule has 1 fully saturated rings. The maximum Gasteiger partial charge on any atom is 0.263 e. The van der Waals surface area contributed by atoms with Crippen molar-refractivity contribution in [2.45, 2.75) is 37.6 Å². The van der Waals surface area contributed by atoms with Crippen LogP contribution in [-0.2, 0) is 21.2 Å². The van der Waals surface area contributed by atoms with Crippen LogP contribution in [0, 0.1) is 6.92 Å². The number of carbonyl (C=O) groups excluding carboxylic acids is 1. The fourth-order valence-corrected chi connectivity index (χ4v) is 6.53. The van der Waals surface area contributed by atoms with Crippen molar-refractivity contribution in [3.63, 3.8) is 0 Å². The molecule has 0 saturated carbocycles. The molecule has 0 bridgehead atoms. The molecule has 0 unspecified atom stereocenters. The number of aryl methyl sites for hydroxylation is 2. The van der Waals surface area contributed by atoms with Crippen LogP contribution in [0.4, 0.5) is 17.2 Å². The predicted molar refractivity (Wildman–Crippen MR) is 159 cm³/mol. The van der Waals surface area contributed by atoms with E-state index in [0.717, 1.165) is 35.8 Å². The summed E-state index contributed by atoms with van der Waals surface area (Å²) < 4.78 is 28.2. The summed E-state index contributed by atoms with van der Waals surface area (Å²) in [5.74, 6) is 0.260. The van der Waals surface area contributed by atoms with Crippen LogP contribution in [0.3, 0.4) is 0 Å². The number of hydrogen-bond donors (Lipinski definition) is 1. The van der Waals surface area contributed by atoms with E-state index >= 15 is 0 Å². The van der Waals surface area contributed by atoms with E-state index in [4.69, 9.17) is 23.2 Å². The monoisotopic (exact) mass is 592 g/mol. The predicted octanol–water partition coefficient (Wildman–Crippen LogP) is 4.87. The lowest BCUT2D eigenvalue weighted by molar-refractivity contribution is -0.132. The van der Waals surface area contributed by atoms with Crippen molar-refractivity contribution in [2.75, 3.05) is 47.2 Å². The van der Waals surface area contributed by atoms with E-state index in [0.29, 0.717) is 31.7 Å². The molecule has 1 aromatic heterocycles. The van der Waals surface area contributed by atoms with E-state index in [1.54, 1.807) is 31.2 Å². The summed E-state index contributed by atoms with van der Waals surface area (Å²) in [6, 6.07) is 12.3. The molecule has 0 spiro atoms. The van der Waals surface area contributed by atoms with Crippen LogP contribution in [0.2, 0.25) is 10.3 Å². The number of carbonyl (C=O) groups is 1. The molecule has 1 atom stereocenters. The number of piperazine rings is 1. The van der Waals surface area contributed by atoms with Gasteiger partial charge in [0, 0.05) is 63.7 Å². The first-order valence-electron chi connectivity index (χ1n) is 12.8. The number of anilines is 3. The van der Waals surface area contributed by atoms with Crippen LogP contribution in [-0.4, -0.2) is 68.0 Å². The van der Waals surface area contributed by atoms with Gasteiger partial charge in [0.1, 0.15) is 11.9 Å². The Labute approximate surface area is 241 Å². The Morgan fingerprint density at radius 3 is 2.49 bits per heavy atom. The van der Waals surface area contributed by atoms with Gasteiger partial charge in [-0.1, -0.05) is 11.6 Å². The molecule has 1 saturated heterocycles. The highest BCUT2D eigenvalue weighted by Crippen LogP contribution is 2.31. The maximum atomic E-state index is 13.4. The number of fused-ring (bicyclic) bond motifs is 1. The van der Waals surface area contributed by atoms with Gasteiger partial charge in [0.2, 0.25) is 11.2 Å². The van der Waals surface area contributed by atoms with Crippen molar-refractivity contribution in [1.82, 2.24) is 14.9 Å². The molecule has 0 radical (unpaired) electrons. The second-order valence-electron chi connectivity index (χ2n) is 9.83. The van der Waals surface area contributed by atoms with Gasteiger partial charge in [-0.05, 0) is 86.3 Å². The third-order valence-electron chi connectivity index (χ3n) is 7.30. The molecule has 2 aliphatic heterocycles. The molecule has 2 aromatic carbocycles. The summed E-state index contributed by atoms with van der Waals surface area (Å²) in [4.78, 5) is 27.6. The van der Waals surface area contributed by atoms with Crippen molar-refractivity contribution >= 4 is 56.3 Å². The lowest BCUT2D eigenvalue weighted by Crippen LogP contribution is -2.55. The van der Waals surface area contributed by atoms with Gasteiger partial charge in [-0.25, -0.2) is 13.4 Å². The molecule has 3 aromatic rings. The van der Waals surface area contributed by atoms with E-state index in [1.165, 1.54) is 11.8 Å². The highest BCUT2D eigenvalue weighted by Gasteiger charge is 2.31. The molecule has 2 aliphatic rings. The Morgan fingerprint density at radius 1 is 1.05 bits per heavy atom. The molecule has 0 aliphatic carbocycles. The smallest absolute Gasteiger partial charge is 0.263 e. The number of amides is 1. The van der Waals surface area contributed by atoms with Gasteiger partial charge in [-0.3, -0.25) is 9.52 Å². The number of aromatic nitrogens is 2. The second kappa shape index (κ2) is 11.2. The topological polar surface area (TPSA) is 98.7 Å². The molecule has 39 heavy (non-hydrogen) atoms. The summed E-state index contributed by atoms with van der Waals surface area (Å²) in [5.41, 5.74) is 3.75. The third kappa shape index (κ3) is 5.92. The molecule has 1 amide bonds. The van der Waals surface area contributed by atoms with E-state index < -0.39 is 10.0 Å².